The Morgan fingerprint density at radius 3 is 2.57 bits per heavy atom. The average Bonchev–Trinajstić information content (AvgIpc) is 2.90. The summed E-state index contributed by atoms with van der Waals surface area (Å²) in [4.78, 5) is 7.27. The van der Waals surface area contributed by atoms with Crippen LogP contribution in [0, 0.1) is 12.8 Å². The van der Waals surface area contributed by atoms with Gasteiger partial charge in [-0.1, -0.05) is 18.2 Å². The van der Waals surface area contributed by atoms with E-state index in [-0.39, 0.29) is 0 Å². The summed E-state index contributed by atoms with van der Waals surface area (Å²) in [5, 5.41) is 3.71. The summed E-state index contributed by atoms with van der Waals surface area (Å²) >= 11 is 0. The summed E-state index contributed by atoms with van der Waals surface area (Å²) in [7, 11) is 0. The van der Waals surface area contributed by atoms with Crippen LogP contribution < -0.4 is 5.32 Å². The van der Waals surface area contributed by atoms with Crippen molar-refractivity contribution in [3.05, 3.63) is 42.2 Å². The van der Waals surface area contributed by atoms with E-state index in [9.17, 15) is 0 Å². The summed E-state index contributed by atoms with van der Waals surface area (Å²) < 4.78 is 2.17. The van der Waals surface area contributed by atoms with Crippen molar-refractivity contribution in [2.75, 3.05) is 25.0 Å². The lowest BCUT2D eigenvalue weighted by molar-refractivity contribution is 0.0971. The van der Waals surface area contributed by atoms with Gasteiger partial charge in [-0.2, -0.15) is 0 Å². The first-order chi connectivity index (χ1) is 10.3. The summed E-state index contributed by atoms with van der Waals surface area (Å²) in [6, 6.07) is 11.0. The lowest BCUT2D eigenvalue weighted by Crippen LogP contribution is -2.53. The van der Waals surface area contributed by atoms with E-state index in [0.717, 1.165) is 24.1 Å². The monoisotopic (exact) mass is 282 g/mol. The van der Waals surface area contributed by atoms with Crippen molar-refractivity contribution in [3.63, 3.8) is 0 Å². The maximum Gasteiger partial charge on any atom is 0.208 e. The Morgan fingerprint density at radius 2 is 1.90 bits per heavy atom. The quantitative estimate of drug-likeness (QED) is 0.939. The van der Waals surface area contributed by atoms with Crippen molar-refractivity contribution in [1.29, 1.82) is 0 Å². The Hall–Kier alpha value is -1.81. The van der Waals surface area contributed by atoms with E-state index in [1.165, 1.54) is 31.6 Å². The number of rotatable bonds is 3. The van der Waals surface area contributed by atoms with Gasteiger partial charge in [0.1, 0.15) is 0 Å². The van der Waals surface area contributed by atoms with Crippen LogP contribution in [0.4, 0.5) is 5.95 Å². The van der Waals surface area contributed by atoms with Crippen LogP contribution in [-0.2, 0) is 0 Å². The SMILES string of the molecule is Cc1cn(-c2ccccc2)c(NC2CN3CCC2CC3)n1. The minimum Gasteiger partial charge on any atom is -0.351 e. The van der Waals surface area contributed by atoms with Gasteiger partial charge in [0.2, 0.25) is 5.95 Å². The molecule has 1 atom stereocenters. The molecule has 2 bridgehead atoms. The molecule has 1 unspecified atom stereocenters. The zero-order valence-corrected chi connectivity index (χ0v) is 12.5. The first-order valence-corrected chi connectivity index (χ1v) is 7.90. The molecule has 4 nitrogen and oxygen atoms in total. The third-order valence-corrected chi connectivity index (χ3v) is 4.83. The molecule has 1 N–H and O–H groups in total. The second kappa shape index (κ2) is 5.19. The van der Waals surface area contributed by atoms with Gasteiger partial charge in [-0.05, 0) is 50.9 Å². The molecule has 0 aliphatic carbocycles. The van der Waals surface area contributed by atoms with Gasteiger partial charge in [0.05, 0.1) is 5.69 Å². The topological polar surface area (TPSA) is 33.1 Å². The molecule has 0 amide bonds. The molecule has 2 aromatic rings. The number of aromatic nitrogens is 2. The Morgan fingerprint density at radius 1 is 1.14 bits per heavy atom. The molecule has 110 valence electrons. The summed E-state index contributed by atoms with van der Waals surface area (Å²) in [6.45, 7) is 5.76. The lowest BCUT2D eigenvalue weighted by Gasteiger charge is -2.45. The summed E-state index contributed by atoms with van der Waals surface area (Å²) in [5.41, 5.74) is 2.23. The molecule has 3 aliphatic rings. The van der Waals surface area contributed by atoms with E-state index in [0.29, 0.717) is 6.04 Å². The van der Waals surface area contributed by atoms with E-state index in [1.54, 1.807) is 0 Å². The van der Waals surface area contributed by atoms with Gasteiger partial charge in [-0.25, -0.2) is 4.98 Å². The number of hydrogen-bond acceptors (Lipinski definition) is 3. The van der Waals surface area contributed by atoms with Crippen molar-refractivity contribution in [3.8, 4) is 5.69 Å². The molecular weight excluding hydrogens is 260 g/mol. The number of benzene rings is 1. The molecule has 4 heteroatoms. The fourth-order valence-corrected chi connectivity index (χ4v) is 3.68. The van der Waals surface area contributed by atoms with Crippen molar-refractivity contribution >= 4 is 5.95 Å². The Bertz CT molecular complexity index is 611. The molecule has 5 rings (SSSR count). The molecule has 0 spiro atoms. The van der Waals surface area contributed by atoms with Crippen molar-refractivity contribution in [2.24, 2.45) is 5.92 Å². The molecule has 4 heterocycles. The van der Waals surface area contributed by atoms with Gasteiger partial charge in [-0.15, -0.1) is 0 Å². The van der Waals surface area contributed by atoms with Crippen LogP contribution in [0.5, 0.6) is 0 Å². The van der Waals surface area contributed by atoms with E-state index in [1.807, 2.05) is 6.07 Å². The van der Waals surface area contributed by atoms with E-state index in [2.05, 4.69) is 52.2 Å². The smallest absolute Gasteiger partial charge is 0.208 e. The predicted octanol–water partition coefficient (Wildman–Crippen LogP) is 2.69. The second-order valence-electron chi connectivity index (χ2n) is 6.30. The first-order valence-electron chi connectivity index (χ1n) is 7.90. The number of nitrogens with zero attached hydrogens (tertiary/aromatic N) is 3. The molecular formula is C17H22N4. The molecule has 1 aromatic carbocycles. The predicted molar refractivity (Wildman–Crippen MR) is 84.9 cm³/mol. The molecule has 1 aromatic heterocycles. The third-order valence-electron chi connectivity index (χ3n) is 4.83. The average molecular weight is 282 g/mol. The number of para-hydroxylation sites is 1. The number of piperidine rings is 3. The lowest BCUT2D eigenvalue weighted by atomic mass is 9.84. The number of hydrogen-bond donors (Lipinski definition) is 1. The second-order valence-corrected chi connectivity index (χ2v) is 6.30. The van der Waals surface area contributed by atoms with Gasteiger partial charge >= 0.3 is 0 Å². The molecule has 0 radical (unpaired) electrons. The maximum absolute atomic E-state index is 4.70. The van der Waals surface area contributed by atoms with Crippen LogP contribution in [0.1, 0.15) is 18.5 Å². The minimum absolute atomic E-state index is 0.539. The normalized spacial score (nSPS) is 27.8. The summed E-state index contributed by atoms with van der Waals surface area (Å²) in [5.74, 6) is 1.79. The Labute approximate surface area is 125 Å². The number of aryl methyl sites for hydroxylation is 1. The van der Waals surface area contributed by atoms with Crippen LogP contribution >= 0.6 is 0 Å². The highest BCUT2D eigenvalue weighted by Crippen LogP contribution is 2.30. The van der Waals surface area contributed by atoms with Gasteiger partial charge in [0.25, 0.3) is 0 Å². The molecule has 21 heavy (non-hydrogen) atoms. The largest absolute Gasteiger partial charge is 0.351 e. The van der Waals surface area contributed by atoms with E-state index < -0.39 is 0 Å². The fraction of sp³-hybridized carbons (Fsp3) is 0.471. The third kappa shape index (κ3) is 2.44. The maximum atomic E-state index is 4.70. The molecule has 3 aliphatic heterocycles. The highest BCUT2D eigenvalue weighted by Gasteiger charge is 2.34. The number of fused-ring (bicyclic) bond motifs is 3. The zero-order valence-electron chi connectivity index (χ0n) is 12.5. The molecule has 3 saturated heterocycles. The van der Waals surface area contributed by atoms with E-state index >= 15 is 0 Å². The highest BCUT2D eigenvalue weighted by molar-refractivity contribution is 5.43. The van der Waals surface area contributed by atoms with Crippen LogP contribution in [0.25, 0.3) is 5.69 Å². The van der Waals surface area contributed by atoms with Crippen molar-refractivity contribution in [2.45, 2.75) is 25.8 Å². The van der Waals surface area contributed by atoms with Crippen LogP contribution in [0.15, 0.2) is 36.5 Å². The van der Waals surface area contributed by atoms with Crippen LogP contribution in [0.2, 0.25) is 0 Å². The van der Waals surface area contributed by atoms with Crippen LogP contribution in [-0.4, -0.2) is 40.1 Å². The Kier molecular flexibility index (Phi) is 3.19. The fourth-order valence-electron chi connectivity index (χ4n) is 3.68. The molecule has 0 saturated carbocycles. The van der Waals surface area contributed by atoms with Crippen molar-refractivity contribution < 1.29 is 0 Å². The van der Waals surface area contributed by atoms with E-state index in [4.69, 9.17) is 4.98 Å². The minimum atomic E-state index is 0.539. The van der Waals surface area contributed by atoms with Gasteiger partial charge < -0.3 is 10.2 Å². The van der Waals surface area contributed by atoms with Crippen molar-refractivity contribution in [1.82, 2.24) is 14.5 Å². The number of anilines is 1. The van der Waals surface area contributed by atoms with Gasteiger partial charge in [-0.3, -0.25) is 4.57 Å². The number of nitrogens with one attached hydrogen (secondary N) is 1. The van der Waals surface area contributed by atoms with Gasteiger partial charge in [0.15, 0.2) is 0 Å². The first kappa shape index (κ1) is 12.9. The highest BCUT2D eigenvalue weighted by atomic mass is 15.3. The zero-order chi connectivity index (χ0) is 14.2. The number of imidazole rings is 1. The molecule has 3 fully saturated rings. The summed E-state index contributed by atoms with van der Waals surface area (Å²) in [6.07, 6.45) is 4.75. The standard InChI is InChI=1S/C17H22N4/c1-13-11-21(15-5-3-2-4-6-15)17(18-13)19-16-12-20-9-7-14(16)8-10-20/h2-6,11,14,16H,7-10,12H2,1H3,(H,18,19). The Balaban J connectivity index is 1.61. The van der Waals surface area contributed by atoms with Gasteiger partial charge in [0, 0.05) is 24.5 Å². The van der Waals surface area contributed by atoms with Crippen LogP contribution in [0.3, 0.4) is 0 Å².